The summed E-state index contributed by atoms with van der Waals surface area (Å²) < 4.78 is 11.7. The van der Waals surface area contributed by atoms with E-state index in [1.165, 1.54) is 0 Å². The van der Waals surface area contributed by atoms with Crippen LogP contribution in [0.1, 0.15) is 36.7 Å². The second-order valence-electron chi connectivity index (χ2n) is 7.06. The van der Waals surface area contributed by atoms with E-state index in [2.05, 4.69) is 21.2 Å². The number of Topliss-reactive ketones (excluding diaryl/α,β-unsaturated/α-hetero) is 1. The number of benzene rings is 2. The Bertz CT molecular complexity index is 771. The molecule has 0 spiro atoms. The quantitative estimate of drug-likeness (QED) is 0.640. The van der Waals surface area contributed by atoms with Crippen LogP contribution in [0.3, 0.4) is 0 Å². The Morgan fingerprint density at radius 3 is 2.41 bits per heavy atom. The van der Waals surface area contributed by atoms with Crippen LogP contribution < -0.4 is 5.32 Å². The van der Waals surface area contributed by atoms with Gasteiger partial charge in [0.2, 0.25) is 0 Å². The molecule has 2 rings (SSSR count). The minimum absolute atomic E-state index is 0.0509. The molecule has 0 radical (unpaired) electrons. The van der Waals surface area contributed by atoms with Gasteiger partial charge in [0.05, 0.1) is 12.2 Å². The van der Waals surface area contributed by atoms with Gasteiger partial charge in [-0.15, -0.1) is 0 Å². The molecule has 0 aliphatic carbocycles. The van der Waals surface area contributed by atoms with E-state index in [9.17, 15) is 9.59 Å². The van der Waals surface area contributed by atoms with Crippen molar-refractivity contribution in [2.45, 2.75) is 39.0 Å². The van der Waals surface area contributed by atoms with Crippen LogP contribution in [-0.2, 0) is 16.1 Å². The lowest BCUT2D eigenvalue weighted by molar-refractivity contribution is -0.0120. The lowest BCUT2D eigenvalue weighted by atomic mass is 10.0. The molecule has 6 heteroatoms. The fraction of sp³-hybridized carbons (Fsp3) is 0.333. The highest BCUT2D eigenvalue weighted by Gasteiger charge is 2.25. The van der Waals surface area contributed by atoms with Gasteiger partial charge in [0, 0.05) is 10.0 Å². The maximum Gasteiger partial charge on any atom is 0.408 e. The number of amides is 1. The molecule has 1 atom stereocenters. The van der Waals surface area contributed by atoms with Crippen LogP contribution in [0.4, 0.5) is 4.79 Å². The van der Waals surface area contributed by atoms with Crippen molar-refractivity contribution in [2.75, 3.05) is 6.61 Å². The van der Waals surface area contributed by atoms with Gasteiger partial charge in [-0.1, -0.05) is 58.4 Å². The molecule has 0 fully saturated rings. The zero-order valence-corrected chi connectivity index (χ0v) is 17.3. The molecule has 0 unspecified atom stereocenters. The van der Waals surface area contributed by atoms with Crippen molar-refractivity contribution in [3.05, 3.63) is 70.2 Å². The van der Waals surface area contributed by atoms with Crippen molar-refractivity contribution in [1.82, 2.24) is 5.32 Å². The molecule has 0 aromatic heterocycles. The Morgan fingerprint density at radius 2 is 1.78 bits per heavy atom. The fourth-order valence-corrected chi connectivity index (χ4v) is 2.67. The maximum absolute atomic E-state index is 12.9. The van der Waals surface area contributed by atoms with Gasteiger partial charge < -0.3 is 14.8 Å². The third-order valence-electron chi connectivity index (χ3n) is 3.61. The van der Waals surface area contributed by atoms with Crippen LogP contribution in [0.5, 0.6) is 0 Å². The number of ketones is 1. The van der Waals surface area contributed by atoms with E-state index in [0.717, 1.165) is 10.0 Å². The third kappa shape index (κ3) is 7.53. The van der Waals surface area contributed by atoms with Crippen molar-refractivity contribution < 1.29 is 19.1 Å². The van der Waals surface area contributed by atoms with Crippen molar-refractivity contribution in [3.8, 4) is 0 Å². The van der Waals surface area contributed by atoms with E-state index in [1.807, 2.05) is 57.2 Å². The van der Waals surface area contributed by atoms with Crippen LogP contribution >= 0.6 is 15.9 Å². The number of ether oxygens (including phenoxy) is 2. The molecule has 2 aromatic carbocycles. The number of halogens is 1. The van der Waals surface area contributed by atoms with Crippen LogP contribution in [0.2, 0.25) is 0 Å². The molecule has 144 valence electrons. The highest BCUT2D eigenvalue weighted by molar-refractivity contribution is 9.10. The van der Waals surface area contributed by atoms with Gasteiger partial charge in [-0.05, 0) is 38.5 Å². The maximum atomic E-state index is 12.9. The van der Waals surface area contributed by atoms with Crippen LogP contribution in [0.25, 0.3) is 0 Å². The van der Waals surface area contributed by atoms with E-state index in [0.29, 0.717) is 5.56 Å². The van der Waals surface area contributed by atoms with Gasteiger partial charge in [0.15, 0.2) is 5.78 Å². The van der Waals surface area contributed by atoms with Crippen molar-refractivity contribution in [1.29, 1.82) is 0 Å². The summed E-state index contributed by atoms with van der Waals surface area (Å²) in [6.45, 7) is 5.85. The van der Waals surface area contributed by atoms with E-state index in [1.54, 1.807) is 18.2 Å². The Kier molecular flexibility index (Phi) is 7.56. The number of nitrogens with one attached hydrogen (secondary N) is 1. The summed E-state index contributed by atoms with van der Waals surface area (Å²) in [5.41, 5.74) is 0.912. The Morgan fingerprint density at radius 1 is 1.07 bits per heavy atom. The monoisotopic (exact) mass is 433 g/mol. The van der Waals surface area contributed by atoms with Gasteiger partial charge in [0.1, 0.15) is 12.6 Å². The lowest BCUT2D eigenvalue weighted by Crippen LogP contribution is -2.45. The van der Waals surface area contributed by atoms with Crippen LogP contribution in [-0.4, -0.2) is 30.1 Å². The summed E-state index contributed by atoms with van der Waals surface area (Å²) >= 11 is 3.36. The molecule has 0 bridgehead atoms. The highest BCUT2D eigenvalue weighted by atomic mass is 79.9. The molecule has 27 heavy (non-hydrogen) atoms. The van der Waals surface area contributed by atoms with Crippen LogP contribution in [0.15, 0.2) is 59.1 Å². The first-order valence-electron chi connectivity index (χ1n) is 8.65. The number of hydrogen-bond donors (Lipinski definition) is 1. The number of carbonyl (C=O) groups excluding carboxylic acids is 2. The average molecular weight is 434 g/mol. The molecule has 0 heterocycles. The summed E-state index contributed by atoms with van der Waals surface area (Å²) in [5, 5.41) is 2.63. The predicted octanol–water partition coefficient (Wildman–Crippen LogP) is 4.74. The summed E-state index contributed by atoms with van der Waals surface area (Å²) in [6.07, 6.45) is -0.662. The second-order valence-corrected chi connectivity index (χ2v) is 7.97. The zero-order valence-electron chi connectivity index (χ0n) is 15.7. The summed E-state index contributed by atoms with van der Waals surface area (Å²) in [4.78, 5) is 25.1. The first-order valence-corrected chi connectivity index (χ1v) is 9.45. The standard InChI is InChI=1S/C21H24BrNO4/c1-21(2,3)27-14-18(19(24)16-10-7-11-17(22)12-16)23-20(25)26-13-15-8-5-4-6-9-15/h4-12,18H,13-14H2,1-3H3,(H,23,25)/t18-/m0/s1. The van der Waals surface area contributed by atoms with Crippen LogP contribution in [0, 0.1) is 0 Å². The van der Waals surface area contributed by atoms with E-state index in [4.69, 9.17) is 9.47 Å². The second kappa shape index (κ2) is 9.67. The van der Waals surface area contributed by atoms with Crippen molar-refractivity contribution >= 4 is 27.8 Å². The van der Waals surface area contributed by atoms with E-state index >= 15 is 0 Å². The largest absolute Gasteiger partial charge is 0.445 e. The van der Waals surface area contributed by atoms with Gasteiger partial charge in [-0.25, -0.2) is 4.79 Å². The molecule has 0 saturated heterocycles. The highest BCUT2D eigenvalue weighted by Crippen LogP contribution is 2.15. The van der Waals surface area contributed by atoms with E-state index < -0.39 is 17.7 Å². The molecular weight excluding hydrogens is 410 g/mol. The molecule has 5 nitrogen and oxygen atoms in total. The Balaban J connectivity index is 2.04. The molecular formula is C21H24BrNO4. The van der Waals surface area contributed by atoms with Crippen molar-refractivity contribution in [3.63, 3.8) is 0 Å². The SMILES string of the molecule is CC(C)(C)OC[C@H](NC(=O)OCc1ccccc1)C(=O)c1cccc(Br)c1. The predicted molar refractivity (Wildman–Crippen MR) is 108 cm³/mol. The molecule has 0 aliphatic heterocycles. The van der Waals surface area contributed by atoms with Gasteiger partial charge >= 0.3 is 6.09 Å². The minimum atomic E-state index is -0.846. The molecule has 1 N–H and O–H groups in total. The lowest BCUT2D eigenvalue weighted by Gasteiger charge is -2.24. The minimum Gasteiger partial charge on any atom is -0.445 e. The fourth-order valence-electron chi connectivity index (χ4n) is 2.27. The average Bonchev–Trinajstić information content (AvgIpc) is 2.63. The molecule has 0 saturated carbocycles. The normalized spacial score (nSPS) is 12.3. The van der Waals surface area contributed by atoms with Gasteiger partial charge in [-0.2, -0.15) is 0 Å². The zero-order chi connectivity index (χ0) is 19.9. The molecule has 0 aliphatic rings. The summed E-state index contributed by atoms with van der Waals surface area (Å²) in [7, 11) is 0. The Hall–Kier alpha value is -2.18. The smallest absolute Gasteiger partial charge is 0.408 e. The number of rotatable bonds is 7. The van der Waals surface area contributed by atoms with Gasteiger partial charge in [-0.3, -0.25) is 4.79 Å². The first-order chi connectivity index (χ1) is 12.7. The topological polar surface area (TPSA) is 64.6 Å². The number of carbonyl (C=O) groups is 2. The number of hydrogen-bond acceptors (Lipinski definition) is 4. The third-order valence-corrected chi connectivity index (χ3v) is 4.11. The summed E-state index contributed by atoms with van der Waals surface area (Å²) in [5.74, 6) is -0.239. The first kappa shape index (κ1) is 21.1. The number of alkyl carbamates (subject to hydrolysis) is 1. The van der Waals surface area contributed by atoms with Gasteiger partial charge in [0.25, 0.3) is 0 Å². The van der Waals surface area contributed by atoms with E-state index in [-0.39, 0.29) is 19.0 Å². The molecule has 1 amide bonds. The summed E-state index contributed by atoms with van der Waals surface area (Å²) in [6, 6.07) is 15.5. The molecule has 2 aromatic rings. The van der Waals surface area contributed by atoms with Crippen molar-refractivity contribution in [2.24, 2.45) is 0 Å². The Labute approximate surface area is 168 Å².